The summed E-state index contributed by atoms with van der Waals surface area (Å²) in [6, 6.07) is 0. The molecule has 0 N–H and O–H groups in total. The second-order valence-corrected chi connectivity index (χ2v) is 3.99. The standard InChI is InChI=1S/C7H9IN2O/c1-4(5-2-3-5)6-9-7(8)10-11-6/h4-5H,2-3H2,1H3. The number of halogens is 1. The maximum absolute atomic E-state index is 5.06. The van der Waals surface area contributed by atoms with Gasteiger partial charge in [0.05, 0.1) is 0 Å². The maximum Gasteiger partial charge on any atom is 0.232 e. The van der Waals surface area contributed by atoms with E-state index in [4.69, 9.17) is 4.52 Å². The molecule has 1 fully saturated rings. The second-order valence-electron chi connectivity index (χ2n) is 3.03. The Morgan fingerprint density at radius 3 is 2.82 bits per heavy atom. The van der Waals surface area contributed by atoms with Crippen molar-refractivity contribution in [2.45, 2.75) is 25.7 Å². The molecule has 60 valence electrons. The minimum absolute atomic E-state index is 0.464. The van der Waals surface area contributed by atoms with Crippen LogP contribution in [0.2, 0.25) is 0 Å². The van der Waals surface area contributed by atoms with E-state index in [1.165, 1.54) is 12.8 Å². The lowest BCUT2D eigenvalue weighted by molar-refractivity contribution is 0.346. The Morgan fingerprint density at radius 1 is 1.64 bits per heavy atom. The van der Waals surface area contributed by atoms with Gasteiger partial charge in [0, 0.05) is 28.5 Å². The highest BCUT2D eigenvalue weighted by molar-refractivity contribution is 14.1. The molecule has 0 radical (unpaired) electrons. The van der Waals surface area contributed by atoms with Crippen LogP contribution in [-0.2, 0) is 0 Å². The molecule has 1 aliphatic rings. The Labute approximate surface area is 78.7 Å². The number of nitrogens with zero attached hydrogens (tertiary/aromatic N) is 2. The summed E-state index contributed by atoms with van der Waals surface area (Å²) in [4.78, 5) is 4.18. The first-order valence-electron chi connectivity index (χ1n) is 3.76. The van der Waals surface area contributed by atoms with Gasteiger partial charge in [-0.2, -0.15) is 4.98 Å². The monoisotopic (exact) mass is 264 g/mol. The van der Waals surface area contributed by atoms with Gasteiger partial charge >= 0.3 is 0 Å². The van der Waals surface area contributed by atoms with E-state index in [1.807, 2.05) is 0 Å². The van der Waals surface area contributed by atoms with Gasteiger partial charge in [-0.1, -0.05) is 12.1 Å². The van der Waals surface area contributed by atoms with Crippen LogP contribution in [0.25, 0.3) is 0 Å². The average Bonchev–Trinajstić information content (AvgIpc) is 2.74. The van der Waals surface area contributed by atoms with Crippen LogP contribution in [0.5, 0.6) is 0 Å². The summed E-state index contributed by atoms with van der Waals surface area (Å²) >= 11 is 2.06. The molecule has 0 spiro atoms. The molecule has 0 bridgehead atoms. The lowest BCUT2D eigenvalue weighted by atomic mass is 10.1. The summed E-state index contributed by atoms with van der Waals surface area (Å²) in [6.45, 7) is 2.15. The quantitative estimate of drug-likeness (QED) is 0.768. The zero-order chi connectivity index (χ0) is 7.84. The Bertz CT molecular complexity index is 257. The fraction of sp³-hybridized carbons (Fsp3) is 0.714. The molecule has 1 unspecified atom stereocenters. The number of hydrogen-bond donors (Lipinski definition) is 0. The molecule has 0 aliphatic heterocycles. The fourth-order valence-electron chi connectivity index (χ4n) is 1.20. The fourth-order valence-corrected chi connectivity index (χ4v) is 1.54. The first-order valence-corrected chi connectivity index (χ1v) is 4.84. The van der Waals surface area contributed by atoms with Gasteiger partial charge in [0.1, 0.15) is 0 Å². The normalized spacial score (nSPS) is 20.2. The zero-order valence-electron chi connectivity index (χ0n) is 6.25. The van der Waals surface area contributed by atoms with Crippen LogP contribution < -0.4 is 0 Å². The number of hydrogen-bond acceptors (Lipinski definition) is 3. The van der Waals surface area contributed by atoms with E-state index in [2.05, 4.69) is 39.7 Å². The summed E-state index contributed by atoms with van der Waals surface area (Å²) in [5.41, 5.74) is 0. The Hall–Kier alpha value is -0.130. The molecule has 1 aromatic rings. The van der Waals surface area contributed by atoms with E-state index in [-0.39, 0.29) is 0 Å². The van der Waals surface area contributed by atoms with Crippen molar-refractivity contribution in [1.29, 1.82) is 0 Å². The molecule has 0 amide bonds. The molecular formula is C7H9IN2O. The van der Waals surface area contributed by atoms with Gasteiger partial charge < -0.3 is 4.52 Å². The molecule has 2 rings (SSSR count). The predicted molar refractivity (Wildman–Crippen MR) is 48.2 cm³/mol. The molecule has 0 aromatic carbocycles. The van der Waals surface area contributed by atoms with Crippen molar-refractivity contribution in [1.82, 2.24) is 10.1 Å². The van der Waals surface area contributed by atoms with Gasteiger partial charge in [-0.15, -0.1) is 0 Å². The van der Waals surface area contributed by atoms with Crippen molar-refractivity contribution in [3.63, 3.8) is 0 Å². The third kappa shape index (κ3) is 1.55. The van der Waals surface area contributed by atoms with Crippen LogP contribution in [0.15, 0.2) is 4.52 Å². The SMILES string of the molecule is CC(c1nc(I)no1)C1CC1. The summed E-state index contributed by atoms with van der Waals surface area (Å²) in [5.74, 6) is 2.06. The molecular weight excluding hydrogens is 255 g/mol. The van der Waals surface area contributed by atoms with Gasteiger partial charge in [0.15, 0.2) is 0 Å². The minimum atomic E-state index is 0.464. The summed E-state index contributed by atoms with van der Waals surface area (Å²) in [7, 11) is 0. The largest absolute Gasteiger partial charge is 0.338 e. The van der Waals surface area contributed by atoms with Gasteiger partial charge in [-0.05, 0) is 18.8 Å². The highest BCUT2D eigenvalue weighted by Crippen LogP contribution is 2.41. The summed E-state index contributed by atoms with van der Waals surface area (Å²) in [5, 5.41) is 3.75. The average molecular weight is 264 g/mol. The van der Waals surface area contributed by atoms with Crippen molar-refractivity contribution >= 4 is 22.6 Å². The highest BCUT2D eigenvalue weighted by Gasteiger charge is 2.32. The number of aromatic nitrogens is 2. The first kappa shape index (κ1) is 7.52. The molecule has 1 aliphatic carbocycles. The predicted octanol–water partition coefficient (Wildman–Crippen LogP) is 2.19. The van der Waals surface area contributed by atoms with Gasteiger partial charge in [-0.25, -0.2) is 0 Å². The van der Waals surface area contributed by atoms with Crippen molar-refractivity contribution < 1.29 is 4.52 Å². The van der Waals surface area contributed by atoms with Crippen LogP contribution in [0.1, 0.15) is 31.6 Å². The Kier molecular flexibility index (Phi) is 1.86. The molecule has 4 heteroatoms. The maximum atomic E-state index is 5.06. The summed E-state index contributed by atoms with van der Waals surface area (Å²) in [6.07, 6.45) is 2.64. The van der Waals surface area contributed by atoms with Crippen LogP contribution in [0.4, 0.5) is 0 Å². The minimum Gasteiger partial charge on any atom is -0.338 e. The zero-order valence-corrected chi connectivity index (χ0v) is 8.41. The third-order valence-corrected chi connectivity index (χ3v) is 2.57. The van der Waals surface area contributed by atoms with E-state index in [0.29, 0.717) is 9.75 Å². The topological polar surface area (TPSA) is 38.9 Å². The smallest absolute Gasteiger partial charge is 0.232 e. The van der Waals surface area contributed by atoms with Gasteiger partial charge in [-0.3, -0.25) is 0 Å². The van der Waals surface area contributed by atoms with E-state index >= 15 is 0 Å². The van der Waals surface area contributed by atoms with Crippen LogP contribution in [0.3, 0.4) is 0 Å². The molecule has 1 aromatic heterocycles. The van der Waals surface area contributed by atoms with Crippen LogP contribution in [-0.4, -0.2) is 10.1 Å². The lowest BCUT2D eigenvalue weighted by Crippen LogP contribution is -1.95. The molecule has 0 saturated heterocycles. The Morgan fingerprint density at radius 2 is 2.36 bits per heavy atom. The Balaban J connectivity index is 2.14. The molecule has 1 saturated carbocycles. The van der Waals surface area contributed by atoms with E-state index in [0.717, 1.165) is 11.8 Å². The van der Waals surface area contributed by atoms with Gasteiger partial charge in [0.2, 0.25) is 9.72 Å². The molecule has 11 heavy (non-hydrogen) atoms. The molecule has 1 heterocycles. The number of rotatable bonds is 2. The first-order chi connectivity index (χ1) is 5.27. The van der Waals surface area contributed by atoms with E-state index in [1.54, 1.807) is 0 Å². The molecule has 1 atom stereocenters. The third-order valence-electron chi connectivity index (χ3n) is 2.14. The lowest BCUT2D eigenvalue weighted by Gasteiger charge is -2.00. The van der Waals surface area contributed by atoms with Crippen molar-refractivity contribution in [3.8, 4) is 0 Å². The van der Waals surface area contributed by atoms with Crippen LogP contribution >= 0.6 is 22.6 Å². The van der Waals surface area contributed by atoms with Gasteiger partial charge in [0.25, 0.3) is 0 Å². The van der Waals surface area contributed by atoms with Crippen molar-refractivity contribution in [2.75, 3.05) is 0 Å². The van der Waals surface area contributed by atoms with Crippen LogP contribution in [0, 0.1) is 9.75 Å². The van der Waals surface area contributed by atoms with E-state index in [9.17, 15) is 0 Å². The van der Waals surface area contributed by atoms with Crippen molar-refractivity contribution in [2.24, 2.45) is 5.92 Å². The van der Waals surface area contributed by atoms with E-state index < -0.39 is 0 Å². The summed E-state index contributed by atoms with van der Waals surface area (Å²) < 4.78 is 5.77. The van der Waals surface area contributed by atoms with Crippen molar-refractivity contribution in [3.05, 3.63) is 9.72 Å². The highest BCUT2D eigenvalue weighted by atomic mass is 127. The molecule has 3 nitrogen and oxygen atoms in total. The second kappa shape index (κ2) is 2.73.